The largest absolute Gasteiger partial charge is 0.343 e. The average molecular weight is 409 g/mol. The molecular weight excluding hydrogens is 384 g/mol. The molecule has 27 heavy (non-hydrogen) atoms. The number of benzene rings is 1. The van der Waals surface area contributed by atoms with Gasteiger partial charge in [0.25, 0.3) is 10.0 Å². The quantitative estimate of drug-likeness (QED) is 0.806. The highest BCUT2D eigenvalue weighted by atomic mass is 32.2. The molecule has 10 heteroatoms. The number of guanidine groups is 1. The van der Waals surface area contributed by atoms with E-state index in [0.29, 0.717) is 42.2 Å². The van der Waals surface area contributed by atoms with Crippen LogP contribution < -0.4 is 10.0 Å². The normalized spacial score (nSPS) is 27.2. The van der Waals surface area contributed by atoms with Crippen molar-refractivity contribution in [2.75, 3.05) is 13.3 Å². The predicted molar refractivity (Wildman–Crippen MR) is 106 cm³/mol. The highest BCUT2D eigenvalue weighted by Crippen LogP contribution is 2.32. The van der Waals surface area contributed by atoms with Gasteiger partial charge in [-0.3, -0.25) is 4.90 Å². The Kier molecular flexibility index (Phi) is 5.04. The van der Waals surface area contributed by atoms with Gasteiger partial charge in [0.05, 0.1) is 25.1 Å². The van der Waals surface area contributed by atoms with Crippen molar-refractivity contribution < 1.29 is 8.42 Å². The molecule has 2 aromatic rings. The Morgan fingerprint density at radius 3 is 2.89 bits per heavy atom. The highest BCUT2D eigenvalue weighted by molar-refractivity contribution is 7.90. The molecule has 1 aromatic carbocycles. The summed E-state index contributed by atoms with van der Waals surface area (Å²) in [7, 11) is -3.78. The maximum Gasteiger partial charge on any atom is 0.266 e. The standard InChI is InChI=1S/C17H24N6O2S2/c1-11-5-3-7-14(12(11)2)23-9-18-17(19-10-23)22-27(24,25)15-8-4-6-13-16(15)21-26-20-13/h4,6,8,11-12,14H,3,5,7,9-10H2,1-2H3,(H2,18,19,22)/t11-,12+,14-/m1/s1. The van der Waals surface area contributed by atoms with Gasteiger partial charge in [-0.2, -0.15) is 8.75 Å². The molecule has 0 radical (unpaired) electrons. The molecule has 0 bridgehead atoms. The Morgan fingerprint density at radius 2 is 2.11 bits per heavy atom. The molecule has 3 atom stereocenters. The van der Waals surface area contributed by atoms with Crippen LogP contribution in [0.4, 0.5) is 0 Å². The molecule has 1 saturated carbocycles. The van der Waals surface area contributed by atoms with Crippen molar-refractivity contribution in [3.63, 3.8) is 0 Å². The number of hydrogen-bond donors (Lipinski definition) is 2. The fourth-order valence-corrected chi connectivity index (χ4v) is 5.76. The Labute approximate surface area is 163 Å². The molecule has 8 nitrogen and oxygen atoms in total. The van der Waals surface area contributed by atoms with Gasteiger partial charge in [0.1, 0.15) is 15.9 Å². The molecule has 2 N–H and O–H groups in total. The molecule has 4 rings (SSSR count). The van der Waals surface area contributed by atoms with Crippen molar-refractivity contribution in [3.05, 3.63) is 18.2 Å². The van der Waals surface area contributed by atoms with E-state index in [1.54, 1.807) is 12.1 Å². The summed E-state index contributed by atoms with van der Waals surface area (Å²) in [6.45, 7) is 5.70. The first kappa shape index (κ1) is 18.6. The molecule has 2 heterocycles. The molecule has 1 aliphatic heterocycles. The van der Waals surface area contributed by atoms with E-state index in [9.17, 15) is 8.42 Å². The minimum Gasteiger partial charge on any atom is -0.343 e. The lowest BCUT2D eigenvalue weighted by atomic mass is 9.77. The van der Waals surface area contributed by atoms with Crippen LogP contribution in [-0.2, 0) is 10.0 Å². The van der Waals surface area contributed by atoms with E-state index in [4.69, 9.17) is 0 Å². The first-order chi connectivity index (χ1) is 13.0. The van der Waals surface area contributed by atoms with Gasteiger partial charge in [0, 0.05) is 6.04 Å². The van der Waals surface area contributed by atoms with E-state index < -0.39 is 10.0 Å². The molecule has 146 valence electrons. The summed E-state index contributed by atoms with van der Waals surface area (Å²) in [4.78, 5) is 6.85. The second-order valence-corrected chi connectivity index (χ2v) is 9.58. The highest BCUT2D eigenvalue weighted by Gasteiger charge is 2.33. The van der Waals surface area contributed by atoms with Crippen molar-refractivity contribution in [1.29, 1.82) is 0 Å². The molecule has 0 amide bonds. The van der Waals surface area contributed by atoms with Gasteiger partial charge in [-0.25, -0.2) is 18.1 Å². The van der Waals surface area contributed by atoms with Crippen molar-refractivity contribution in [2.45, 2.75) is 44.0 Å². The van der Waals surface area contributed by atoms with Crippen LogP contribution in [0, 0.1) is 11.8 Å². The number of rotatable bonds is 3. The summed E-state index contributed by atoms with van der Waals surface area (Å²) >= 11 is 1.00. The number of nitrogens with zero attached hydrogens (tertiary/aromatic N) is 4. The Bertz CT molecular complexity index is 957. The monoisotopic (exact) mass is 408 g/mol. The number of sulfonamides is 1. The fourth-order valence-electron chi connectivity index (χ4n) is 3.98. The molecule has 2 aliphatic rings. The molecule has 0 spiro atoms. The van der Waals surface area contributed by atoms with Crippen LogP contribution in [-0.4, -0.2) is 47.4 Å². The molecule has 1 aromatic heterocycles. The zero-order chi connectivity index (χ0) is 19.0. The lowest BCUT2D eigenvalue weighted by Gasteiger charge is -2.42. The maximum atomic E-state index is 12.8. The average Bonchev–Trinajstić information content (AvgIpc) is 3.13. The Morgan fingerprint density at radius 1 is 1.26 bits per heavy atom. The lowest BCUT2D eigenvalue weighted by molar-refractivity contribution is 0.0768. The topological polar surface area (TPSA) is 99.6 Å². The molecular formula is C17H24N6O2S2. The van der Waals surface area contributed by atoms with E-state index in [1.165, 1.54) is 25.3 Å². The minimum absolute atomic E-state index is 0.121. The number of aliphatic imine (C=N–C) groups is 1. The fraction of sp³-hybridized carbons (Fsp3) is 0.588. The Balaban J connectivity index is 1.48. The van der Waals surface area contributed by atoms with Crippen LogP contribution in [0.5, 0.6) is 0 Å². The van der Waals surface area contributed by atoms with Gasteiger partial charge < -0.3 is 5.32 Å². The molecule has 0 saturated heterocycles. The summed E-state index contributed by atoms with van der Waals surface area (Å²) < 4.78 is 36.3. The number of hydrogen-bond acceptors (Lipinski definition) is 8. The second-order valence-electron chi connectivity index (χ2n) is 7.40. The van der Waals surface area contributed by atoms with E-state index in [1.807, 2.05) is 0 Å². The zero-order valence-corrected chi connectivity index (χ0v) is 17.1. The summed E-state index contributed by atoms with van der Waals surface area (Å²) in [5.74, 6) is 1.60. The second kappa shape index (κ2) is 7.33. The number of fused-ring (bicyclic) bond motifs is 1. The van der Waals surface area contributed by atoms with E-state index in [0.717, 1.165) is 11.7 Å². The van der Waals surface area contributed by atoms with Crippen LogP contribution in [0.25, 0.3) is 11.0 Å². The third-order valence-corrected chi connectivity index (χ3v) is 7.68. The van der Waals surface area contributed by atoms with Crippen LogP contribution in [0.2, 0.25) is 0 Å². The van der Waals surface area contributed by atoms with Crippen LogP contribution in [0.3, 0.4) is 0 Å². The first-order valence-electron chi connectivity index (χ1n) is 9.22. The summed E-state index contributed by atoms with van der Waals surface area (Å²) in [5, 5.41) is 3.12. The van der Waals surface area contributed by atoms with Crippen molar-refractivity contribution in [1.82, 2.24) is 23.7 Å². The third-order valence-electron chi connectivity index (χ3n) is 5.76. The summed E-state index contributed by atoms with van der Waals surface area (Å²) in [5.41, 5.74) is 0.964. The van der Waals surface area contributed by atoms with Gasteiger partial charge in [0.2, 0.25) is 5.96 Å². The first-order valence-corrected chi connectivity index (χ1v) is 11.4. The van der Waals surface area contributed by atoms with Crippen LogP contribution in [0.15, 0.2) is 28.1 Å². The van der Waals surface area contributed by atoms with Crippen LogP contribution in [0.1, 0.15) is 33.1 Å². The van der Waals surface area contributed by atoms with E-state index in [-0.39, 0.29) is 10.9 Å². The molecule has 0 unspecified atom stereocenters. The molecule has 1 aliphatic carbocycles. The van der Waals surface area contributed by atoms with E-state index in [2.05, 4.69) is 42.5 Å². The lowest BCUT2D eigenvalue weighted by Crippen LogP contribution is -2.55. The predicted octanol–water partition coefficient (Wildman–Crippen LogP) is 1.97. The summed E-state index contributed by atoms with van der Waals surface area (Å²) in [6, 6.07) is 5.44. The van der Waals surface area contributed by atoms with Crippen molar-refractivity contribution >= 4 is 38.7 Å². The van der Waals surface area contributed by atoms with Gasteiger partial charge >= 0.3 is 0 Å². The van der Waals surface area contributed by atoms with Gasteiger partial charge in [0.15, 0.2) is 0 Å². The summed E-state index contributed by atoms with van der Waals surface area (Å²) in [6.07, 6.45) is 3.69. The van der Waals surface area contributed by atoms with Gasteiger partial charge in [-0.15, -0.1) is 0 Å². The molecule has 1 fully saturated rings. The van der Waals surface area contributed by atoms with Gasteiger partial charge in [-0.05, 0) is 30.4 Å². The smallest absolute Gasteiger partial charge is 0.266 e. The van der Waals surface area contributed by atoms with Crippen LogP contribution >= 0.6 is 11.7 Å². The maximum absolute atomic E-state index is 12.8. The SMILES string of the molecule is C[C@H]1[C@H](C)CCC[C@H]1N1CN=C(NS(=O)(=O)c2cccc3nsnc23)NC1. The zero-order valence-electron chi connectivity index (χ0n) is 15.4. The minimum atomic E-state index is -3.78. The Hall–Kier alpha value is -1.78. The van der Waals surface area contributed by atoms with Gasteiger partial charge in [-0.1, -0.05) is 32.8 Å². The van der Waals surface area contributed by atoms with E-state index >= 15 is 0 Å². The number of nitrogens with one attached hydrogen (secondary N) is 2. The third kappa shape index (κ3) is 3.65. The van der Waals surface area contributed by atoms with Crippen molar-refractivity contribution in [2.24, 2.45) is 16.8 Å². The number of aromatic nitrogens is 2. The van der Waals surface area contributed by atoms with Crippen molar-refractivity contribution in [3.8, 4) is 0 Å².